The molecular formula is C10H15NO3. The van der Waals surface area contributed by atoms with Gasteiger partial charge in [-0.25, -0.2) is 0 Å². The van der Waals surface area contributed by atoms with Gasteiger partial charge in [0.15, 0.2) is 0 Å². The van der Waals surface area contributed by atoms with Crippen LogP contribution in [0.15, 0.2) is 18.2 Å². The van der Waals surface area contributed by atoms with Crippen LogP contribution in [0.4, 0.5) is 0 Å². The van der Waals surface area contributed by atoms with Gasteiger partial charge in [0, 0.05) is 19.2 Å². The summed E-state index contributed by atoms with van der Waals surface area (Å²) in [6, 6.07) is 4.27. The first-order valence-corrected chi connectivity index (χ1v) is 4.31. The molecule has 14 heavy (non-hydrogen) atoms. The van der Waals surface area contributed by atoms with E-state index in [-0.39, 0.29) is 18.0 Å². The zero-order chi connectivity index (χ0) is 10.8. The predicted octanol–water partition coefficient (Wildman–Crippen LogP) is 0.918. The highest BCUT2D eigenvalue weighted by Crippen LogP contribution is 2.33. The SMILES string of the molecule is COC(C)(CN)c1cc(O)ccc1O. The van der Waals surface area contributed by atoms with E-state index in [9.17, 15) is 10.2 Å². The molecule has 0 saturated carbocycles. The monoisotopic (exact) mass is 197 g/mol. The van der Waals surface area contributed by atoms with Gasteiger partial charge in [-0.3, -0.25) is 0 Å². The molecule has 0 bridgehead atoms. The maximum Gasteiger partial charge on any atom is 0.121 e. The Labute approximate surface area is 82.9 Å². The quantitative estimate of drug-likeness (QED) is 0.630. The Morgan fingerprint density at radius 3 is 2.57 bits per heavy atom. The van der Waals surface area contributed by atoms with E-state index >= 15 is 0 Å². The number of nitrogens with two attached hydrogens (primary N) is 1. The maximum absolute atomic E-state index is 9.59. The molecule has 0 saturated heterocycles. The smallest absolute Gasteiger partial charge is 0.121 e. The third-order valence-electron chi connectivity index (χ3n) is 2.39. The van der Waals surface area contributed by atoms with Crippen molar-refractivity contribution < 1.29 is 14.9 Å². The van der Waals surface area contributed by atoms with Crippen LogP contribution in [-0.2, 0) is 10.3 Å². The summed E-state index contributed by atoms with van der Waals surface area (Å²) in [5.74, 6) is 0.145. The second-order valence-corrected chi connectivity index (χ2v) is 3.34. The van der Waals surface area contributed by atoms with E-state index in [0.717, 1.165) is 0 Å². The van der Waals surface area contributed by atoms with Gasteiger partial charge in [0.25, 0.3) is 0 Å². The van der Waals surface area contributed by atoms with E-state index in [1.54, 1.807) is 6.92 Å². The molecule has 1 atom stereocenters. The third-order valence-corrected chi connectivity index (χ3v) is 2.39. The Morgan fingerprint density at radius 1 is 1.43 bits per heavy atom. The number of hydrogen-bond donors (Lipinski definition) is 3. The number of phenols is 2. The van der Waals surface area contributed by atoms with Crippen molar-refractivity contribution in [2.75, 3.05) is 13.7 Å². The second-order valence-electron chi connectivity index (χ2n) is 3.34. The van der Waals surface area contributed by atoms with Crippen molar-refractivity contribution in [2.24, 2.45) is 5.73 Å². The zero-order valence-electron chi connectivity index (χ0n) is 8.32. The van der Waals surface area contributed by atoms with Crippen LogP contribution in [0.5, 0.6) is 11.5 Å². The number of ether oxygens (including phenoxy) is 1. The van der Waals surface area contributed by atoms with Gasteiger partial charge in [0.2, 0.25) is 0 Å². The molecule has 1 unspecified atom stereocenters. The molecule has 0 spiro atoms. The molecule has 0 aromatic heterocycles. The molecule has 1 aromatic carbocycles. The number of rotatable bonds is 3. The van der Waals surface area contributed by atoms with Crippen LogP contribution in [0, 0.1) is 0 Å². The number of phenolic OH excluding ortho intramolecular Hbond substituents is 2. The lowest BCUT2D eigenvalue weighted by molar-refractivity contribution is 0.00810. The molecule has 78 valence electrons. The molecule has 0 aliphatic carbocycles. The van der Waals surface area contributed by atoms with Crippen LogP contribution in [-0.4, -0.2) is 23.9 Å². The third kappa shape index (κ3) is 1.81. The highest BCUT2D eigenvalue weighted by atomic mass is 16.5. The average Bonchev–Trinajstić information content (AvgIpc) is 2.20. The van der Waals surface area contributed by atoms with Crippen molar-refractivity contribution in [2.45, 2.75) is 12.5 Å². The molecule has 0 aliphatic heterocycles. The minimum absolute atomic E-state index is 0.0672. The van der Waals surface area contributed by atoms with Crippen LogP contribution in [0.3, 0.4) is 0 Å². The Hall–Kier alpha value is -1.26. The zero-order valence-corrected chi connectivity index (χ0v) is 8.32. The topological polar surface area (TPSA) is 75.7 Å². The van der Waals surface area contributed by atoms with Crippen LogP contribution >= 0.6 is 0 Å². The van der Waals surface area contributed by atoms with E-state index in [1.165, 1.54) is 25.3 Å². The Balaban J connectivity index is 3.22. The summed E-state index contributed by atoms with van der Waals surface area (Å²) in [5, 5.41) is 18.9. The van der Waals surface area contributed by atoms with Crippen molar-refractivity contribution in [3.05, 3.63) is 23.8 Å². The summed E-state index contributed by atoms with van der Waals surface area (Å²) >= 11 is 0. The fourth-order valence-electron chi connectivity index (χ4n) is 1.25. The Bertz CT molecular complexity index is 321. The summed E-state index contributed by atoms with van der Waals surface area (Å²) in [6.07, 6.45) is 0. The largest absolute Gasteiger partial charge is 0.508 e. The standard InChI is InChI=1S/C10H15NO3/c1-10(6-11,14-2)8-5-7(12)3-4-9(8)13/h3-5,12-13H,6,11H2,1-2H3. The van der Waals surface area contributed by atoms with E-state index in [0.29, 0.717) is 5.56 Å². The highest BCUT2D eigenvalue weighted by Gasteiger charge is 2.27. The first kappa shape index (κ1) is 10.8. The van der Waals surface area contributed by atoms with Crippen molar-refractivity contribution in [1.29, 1.82) is 0 Å². The lowest BCUT2D eigenvalue weighted by Gasteiger charge is -2.27. The summed E-state index contributed by atoms with van der Waals surface area (Å²) in [7, 11) is 1.51. The fraction of sp³-hybridized carbons (Fsp3) is 0.400. The van der Waals surface area contributed by atoms with E-state index < -0.39 is 5.60 Å². The molecule has 0 fully saturated rings. The van der Waals surface area contributed by atoms with Gasteiger partial charge >= 0.3 is 0 Å². The molecule has 0 aliphatic rings. The van der Waals surface area contributed by atoms with Gasteiger partial charge < -0.3 is 20.7 Å². The van der Waals surface area contributed by atoms with E-state index in [2.05, 4.69) is 0 Å². The Morgan fingerprint density at radius 2 is 2.07 bits per heavy atom. The van der Waals surface area contributed by atoms with Crippen LogP contribution in [0.1, 0.15) is 12.5 Å². The minimum atomic E-state index is -0.775. The minimum Gasteiger partial charge on any atom is -0.508 e. The maximum atomic E-state index is 9.59. The van der Waals surface area contributed by atoms with Gasteiger partial charge in [-0.2, -0.15) is 0 Å². The van der Waals surface area contributed by atoms with Crippen LogP contribution in [0.2, 0.25) is 0 Å². The van der Waals surface area contributed by atoms with Crippen molar-refractivity contribution in [1.82, 2.24) is 0 Å². The number of benzene rings is 1. The lowest BCUT2D eigenvalue weighted by atomic mass is 9.94. The van der Waals surface area contributed by atoms with Gasteiger partial charge in [-0.1, -0.05) is 0 Å². The summed E-state index contributed by atoms with van der Waals surface area (Å²) in [4.78, 5) is 0. The van der Waals surface area contributed by atoms with E-state index in [4.69, 9.17) is 10.5 Å². The number of aromatic hydroxyl groups is 2. The number of methoxy groups -OCH3 is 1. The van der Waals surface area contributed by atoms with Gasteiger partial charge in [-0.15, -0.1) is 0 Å². The normalized spacial score (nSPS) is 15.1. The van der Waals surface area contributed by atoms with Crippen molar-refractivity contribution >= 4 is 0 Å². The molecule has 1 aromatic rings. The molecule has 4 N–H and O–H groups in total. The first-order chi connectivity index (χ1) is 6.53. The Kier molecular flexibility index (Phi) is 2.98. The highest BCUT2D eigenvalue weighted by molar-refractivity contribution is 5.42. The van der Waals surface area contributed by atoms with Crippen molar-refractivity contribution in [3.8, 4) is 11.5 Å². The first-order valence-electron chi connectivity index (χ1n) is 4.31. The van der Waals surface area contributed by atoms with Crippen LogP contribution < -0.4 is 5.73 Å². The van der Waals surface area contributed by atoms with E-state index in [1.807, 2.05) is 0 Å². The second kappa shape index (κ2) is 3.86. The summed E-state index contributed by atoms with van der Waals surface area (Å²) in [5.41, 5.74) is 5.26. The summed E-state index contributed by atoms with van der Waals surface area (Å²) < 4.78 is 5.21. The van der Waals surface area contributed by atoms with Crippen LogP contribution in [0.25, 0.3) is 0 Å². The van der Waals surface area contributed by atoms with Gasteiger partial charge in [0.05, 0.1) is 0 Å². The molecule has 0 amide bonds. The summed E-state index contributed by atoms with van der Waals surface area (Å²) in [6.45, 7) is 1.97. The molecule has 0 radical (unpaired) electrons. The molecule has 0 heterocycles. The fourth-order valence-corrected chi connectivity index (χ4v) is 1.25. The molecule has 1 rings (SSSR count). The lowest BCUT2D eigenvalue weighted by Crippen LogP contribution is -2.33. The number of hydrogen-bond acceptors (Lipinski definition) is 4. The molecular weight excluding hydrogens is 182 g/mol. The predicted molar refractivity (Wildman–Crippen MR) is 53.2 cm³/mol. The average molecular weight is 197 g/mol. The molecule has 4 nitrogen and oxygen atoms in total. The van der Waals surface area contributed by atoms with Gasteiger partial charge in [-0.05, 0) is 25.1 Å². The van der Waals surface area contributed by atoms with Gasteiger partial charge in [0.1, 0.15) is 17.1 Å². The molecule has 4 heteroatoms. The van der Waals surface area contributed by atoms with Crippen molar-refractivity contribution in [3.63, 3.8) is 0 Å².